The van der Waals surface area contributed by atoms with Crippen LogP contribution in [0.15, 0.2) is 30.3 Å². The fraction of sp³-hybridized carbons (Fsp3) is 0.462. The Kier molecular flexibility index (Phi) is 2.50. The van der Waals surface area contributed by atoms with Gasteiger partial charge in [0.25, 0.3) is 0 Å². The van der Waals surface area contributed by atoms with Crippen molar-refractivity contribution in [1.29, 1.82) is 0 Å². The van der Waals surface area contributed by atoms with Gasteiger partial charge in [0.2, 0.25) is 0 Å². The van der Waals surface area contributed by atoms with Gasteiger partial charge in [-0.2, -0.15) is 0 Å². The van der Waals surface area contributed by atoms with Crippen LogP contribution in [0.4, 0.5) is 0 Å². The normalized spacial score (nSPS) is 21.1. The molecule has 0 aromatic heterocycles. The van der Waals surface area contributed by atoms with Crippen LogP contribution in [0.1, 0.15) is 31.7 Å². The van der Waals surface area contributed by atoms with Gasteiger partial charge in [0.1, 0.15) is 0 Å². The first-order chi connectivity index (χ1) is 7.48. The van der Waals surface area contributed by atoms with Crippen LogP contribution in [0.25, 0.3) is 0 Å². The van der Waals surface area contributed by atoms with Crippen molar-refractivity contribution in [3.05, 3.63) is 35.9 Å². The number of benzene rings is 1. The van der Waals surface area contributed by atoms with E-state index in [1.807, 2.05) is 30.3 Å². The highest BCUT2D eigenvalue weighted by molar-refractivity contribution is 5.69. The fourth-order valence-electron chi connectivity index (χ4n) is 2.27. The van der Waals surface area contributed by atoms with Gasteiger partial charge in [-0.3, -0.25) is 4.79 Å². The van der Waals surface area contributed by atoms with Gasteiger partial charge in [-0.15, -0.1) is 0 Å². The highest BCUT2D eigenvalue weighted by atomic mass is 16.4. The molecule has 1 unspecified atom stereocenters. The molecule has 3 nitrogen and oxygen atoms in total. The maximum atomic E-state index is 11.0. The van der Waals surface area contributed by atoms with E-state index in [1.165, 1.54) is 0 Å². The van der Waals surface area contributed by atoms with Crippen LogP contribution in [-0.4, -0.2) is 11.1 Å². The molecule has 1 aromatic rings. The molecular formula is C13H17NO2. The Morgan fingerprint density at radius 3 is 2.44 bits per heavy atom. The van der Waals surface area contributed by atoms with Crippen molar-refractivity contribution >= 4 is 5.97 Å². The Morgan fingerprint density at radius 1 is 1.44 bits per heavy atom. The topological polar surface area (TPSA) is 63.3 Å². The molecule has 86 valence electrons. The average Bonchev–Trinajstić information content (AvgIpc) is 2.98. The zero-order valence-corrected chi connectivity index (χ0v) is 9.44. The summed E-state index contributed by atoms with van der Waals surface area (Å²) in [6.45, 7) is 2.07. The first kappa shape index (κ1) is 11.1. The third kappa shape index (κ3) is 1.71. The molecule has 1 aromatic carbocycles. The minimum Gasteiger partial charge on any atom is -0.481 e. The minimum absolute atomic E-state index is 0.00644. The van der Waals surface area contributed by atoms with Gasteiger partial charge in [0, 0.05) is 0 Å². The number of carboxylic acid groups (broad SMARTS) is 1. The van der Waals surface area contributed by atoms with E-state index in [0.29, 0.717) is 0 Å². The van der Waals surface area contributed by atoms with E-state index in [1.54, 1.807) is 0 Å². The van der Waals surface area contributed by atoms with Crippen molar-refractivity contribution in [2.75, 3.05) is 0 Å². The smallest absolute Gasteiger partial charge is 0.305 e. The number of aliphatic carboxylic acids is 1. The molecule has 1 atom stereocenters. The number of nitrogens with two attached hydrogens (primary N) is 1. The van der Waals surface area contributed by atoms with Crippen molar-refractivity contribution in [3.8, 4) is 0 Å². The third-order valence-corrected chi connectivity index (χ3v) is 3.80. The molecule has 0 bridgehead atoms. The van der Waals surface area contributed by atoms with Crippen LogP contribution in [0.5, 0.6) is 0 Å². The van der Waals surface area contributed by atoms with Crippen molar-refractivity contribution in [1.82, 2.24) is 0 Å². The molecule has 1 aliphatic carbocycles. The second kappa shape index (κ2) is 3.59. The summed E-state index contributed by atoms with van der Waals surface area (Å²) in [5.74, 6) is -0.834. The Labute approximate surface area is 95.3 Å². The number of hydrogen-bond acceptors (Lipinski definition) is 2. The molecule has 1 saturated carbocycles. The molecule has 3 heteroatoms. The Hall–Kier alpha value is -1.35. The van der Waals surface area contributed by atoms with Crippen molar-refractivity contribution in [2.24, 2.45) is 11.1 Å². The van der Waals surface area contributed by atoms with Gasteiger partial charge >= 0.3 is 5.97 Å². The number of carboxylic acids is 1. The predicted octanol–water partition coefficient (Wildman–Crippen LogP) is 2.12. The molecule has 0 radical (unpaired) electrons. The molecule has 0 saturated heterocycles. The molecule has 16 heavy (non-hydrogen) atoms. The Bertz CT molecular complexity index is 398. The van der Waals surface area contributed by atoms with Crippen molar-refractivity contribution < 1.29 is 9.90 Å². The number of hydrogen-bond donors (Lipinski definition) is 2. The number of carbonyl (C=O) groups is 1. The quantitative estimate of drug-likeness (QED) is 0.815. The molecule has 0 aliphatic heterocycles. The summed E-state index contributed by atoms with van der Waals surface area (Å²) < 4.78 is 0. The van der Waals surface area contributed by atoms with Crippen LogP contribution in [0.2, 0.25) is 0 Å². The highest BCUT2D eigenvalue weighted by Gasteiger charge is 2.55. The minimum atomic E-state index is -0.834. The molecule has 0 amide bonds. The van der Waals surface area contributed by atoms with Gasteiger partial charge < -0.3 is 10.8 Å². The molecule has 0 spiro atoms. The first-order valence-corrected chi connectivity index (χ1v) is 5.54. The van der Waals surface area contributed by atoms with Crippen LogP contribution < -0.4 is 5.73 Å². The molecule has 1 aliphatic rings. The second-order valence-corrected chi connectivity index (χ2v) is 4.97. The maximum Gasteiger partial charge on any atom is 0.305 e. The SMILES string of the molecule is CC1(C(N)(CC(=O)O)c2ccccc2)CC1. The summed E-state index contributed by atoms with van der Waals surface area (Å²) >= 11 is 0. The zero-order valence-electron chi connectivity index (χ0n) is 9.44. The summed E-state index contributed by atoms with van der Waals surface area (Å²) in [5, 5.41) is 9.02. The van der Waals surface area contributed by atoms with Gasteiger partial charge in [-0.25, -0.2) is 0 Å². The number of rotatable bonds is 4. The van der Waals surface area contributed by atoms with E-state index < -0.39 is 11.5 Å². The van der Waals surface area contributed by atoms with E-state index >= 15 is 0 Å². The summed E-state index contributed by atoms with van der Waals surface area (Å²) in [4.78, 5) is 11.0. The Morgan fingerprint density at radius 2 is 2.00 bits per heavy atom. The predicted molar refractivity (Wildman–Crippen MR) is 61.9 cm³/mol. The molecule has 2 rings (SSSR count). The Balaban J connectivity index is 2.39. The summed E-state index contributed by atoms with van der Waals surface area (Å²) in [6.07, 6.45) is 2.00. The van der Waals surface area contributed by atoms with Crippen LogP contribution >= 0.6 is 0 Å². The molecular weight excluding hydrogens is 202 g/mol. The van der Waals surface area contributed by atoms with E-state index in [2.05, 4.69) is 6.92 Å². The summed E-state index contributed by atoms with van der Waals surface area (Å²) in [6, 6.07) is 9.58. The van der Waals surface area contributed by atoms with Crippen LogP contribution in [0.3, 0.4) is 0 Å². The lowest BCUT2D eigenvalue weighted by Gasteiger charge is -2.35. The van der Waals surface area contributed by atoms with Gasteiger partial charge in [0.15, 0.2) is 0 Å². The van der Waals surface area contributed by atoms with Crippen molar-refractivity contribution in [2.45, 2.75) is 31.7 Å². The van der Waals surface area contributed by atoms with E-state index in [4.69, 9.17) is 10.8 Å². The lowest BCUT2D eigenvalue weighted by Crippen LogP contribution is -2.46. The van der Waals surface area contributed by atoms with E-state index in [9.17, 15) is 4.79 Å². The maximum absolute atomic E-state index is 11.0. The fourth-order valence-corrected chi connectivity index (χ4v) is 2.27. The monoisotopic (exact) mass is 219 g/mol. The molecule has 0 heterocycles. The van der Waals surface area contributed by atoms with Crippen molar-refractivity contribution in [3.63, 3.8) is 0 Å². The third-order valence-electron chi connectivity index (χ3n) is 3.80. The summed E-state index contributed by atoms with van der Waals surface area (Å²) in [5.41, 5.74) is 6.51. The largest absolute Gasteiger partial charge is 0.481 e. The van der Waals surface area contributed by atoms with E-state index in [0.717, 1.165) is 18.4 Å². The average molecular weight is 219 g/mol. The zero-order chi connectivity index (χ0) is 11.8. The molecule has 1 fully saturated rings. The lowest BCUT2D eigenvalue weighted by molar-refractivity contribution is -0.139. The first-order valence-electron chi connectivity index (χ1n) is 5.54. The van der Waals surface area contributed by atoms with Gasteiger partial charge in [-0.05, 0) is 23.8 Å². The van der Waals surface area contributed by atoms with Gasteiger partial charge in [0.05, 0.1) is 12.0 Å². The second-order valence-electron chi connectivity index (χ2n) is 4.97. The van der Waals surface area contributed by atoms with Crippen LogP contribution in [0, 0.1) is 5.41 Å². The van der Waals surface area contributed by atoms with Gasteiger partial charge in [-0.1, -0.05) is 37.3 Å². The standard InChI is InChI=1S/C13H17NO2/c1-12(7-8-12)13(14,9-11(15)16)10-5-3-2-4-6-10/h2-6H,7-9,14H2,1H3,(H,15,16). The summed E-state index contributed by atoms with van der Waals surface area (Å²) in [7, 11) is 0. The van der Waals surface area contributed by atoms with Crippen LogP contribution in [-0.2, 0) is 10.3 Å². The lowest BCUT2D eigenvalue weighted by atomic mass is 9.75. The highest BCUT2D eigenvalue weighted by Crippen LogP contribution is 2.58. The van der Waals surface area contributed by atoms with E-state index in [-0.39, 0.29) is 11.8 Å². The molecule has 3 N–H and O–H groups in total.